The van der Waals surface area contributed by atoms with Gasteiger partial charge in [0.1, 0.15) is 0 Å². The zero-order valence-corrected chi connectivity index (χ0v) is 12.8. The van der Waals surface area contributed by atoms with Crippen LogP contribution in [0.4, 0.5) is 5.69 Å². The highest BCUT2D eigenvalue weighted by molar-refractivity contribution is 6.31. The molecular weight excluding hydrogens is 284 g/mol. The predicted molar refractivity (Wildman–Crippen MR) is 85.9 cm³/mol. The number of hydrogen-bond acceptors (Lipinski definition) is 3. The fourth-order valence-electron chi connectivity index (χ4n) is 4.11. The number of halogens is 1. The van der Waals surface area contributed by atoms with Gasteiger partial charge < -0.3 is 10.0 Å². The maximum Gasteiger partial charge on any atom is 0.0752 e. The van der Waals surface area contributed by atoms with Crippen LogP contribution in [0, 0.1) is 18.8 Å². The Morgan fingerprint density at radius 2 is 1.95 bits per heavy atom. The molecular formula is C17H19ClN2O. The van der Waals surface area contributed by atoms with Crippen molar-refractivity contribution in [2.45, 2.75) is 25.9 Å². The van der Waals surface area contributed by atoms with Gasteiger partial charge in [-0.25, -0.2) is 0 Å². The number of aliphatic hydroxyl groups is 1. The highest BCUT2D eigenvalue weighted by Gasteiger charge is 2.40. The van der Waals surface area contributed by atoms with Crippen LogP contribution in [0.25, 0.3) is 10.9 Å². The SMILES string of the molecule is Cc1cc(Cl)cc2c(N3C[C@H]4CC(O)C[C@H]4C3)ccnc12. The molecule has 0 spiro atoms. The molecule has 3 atom stereocenters. The highest BCUT2D eigenvalue weighted by Crippen LogP contribution is 2.41. The number of hydrogen-bond donors (Lipinski definition) is 1. The summed E-state index contributed by atoms with van der Waals surface area (Å²) >= 11 is 6.24. The lowest BCUT2D eigenvalue weighted by atomic mass is 10.0. The van der Waals surface area contributed by atoms with Crippen LogP contribution in [0.5, 0.6) is 0 Å². The fraction of sp³-hybridized carbons (Fsp3) is 0.471. The molecule has 1 aliphatic heterocycles. The van der Waals surface area contributed by atoms with Gasteiger partial charge in [0.2, 0.25) is 0 Å². The van der Waals surface area contributed by atoms with Crippen molar-refractivity contribution >= 4 is 28.2 Å². The summed E-state index contributed by atoms with van der Waals surface area (Å²) in [6.45, 7) is 4.12. The summed E-state index contributed by atoms with van der Waals surface area (Å²) in [6.07, 6.45) is 3.70. The molecule has 2 heterocycles. The molecule has 1 aromatic carbocycles. The summed E-state index contributed by atoms with van der Waals surface area (Å²) in [5.74, 6) is 1.26. The van der Waals surface area contributed by atoms with Gasteiger partial charge in [0.05, 0.1) is 11.6 Å². The number of pyridine rings is 1. The second-order valence-electron chi connectivity index (χ2n) is 6.50. The van der Waals surface area contributed by atoms with Crippen LogP contribution < -0.4 is 4.90 Å². The van der Waals surface area contributed by atoms with Crippen LogP contribution >= 0.6 is 11.6 Å². The van der Waals surface area contributed by atoms with E-state index in [1.807, 2.05) is 18.3 Å². The molecule has 4 rings (SSSR count). The van der Waals surface area contributed by atoms with Gasteiger partial charge in [-0.2, -0.15) is 0 Å². The van der Waals surface area contributed by atoms with Gasteiger partial charge in [-0.15, -0.1) is 0 Å². The number of benzene rings is 1. The van der Waals surface area contributed by atoms with E-state index in [4.69, 9.17) is 11.6 Å². The zero-order chi connectivity index (χ0) is 14.6. The molecule has 1 N–H and O–H groups in total. The summed E-state index contributed by atoms with van der Waals surface area (Å²) in [7, 11) is 0. The summed E-state index contributed by atoms with van der Waals surface area (Å²) in [6, 6.07) is 6.08. The third kappa shape index (κ3) is 2.19. The predicted octanol–water partition coefficient (Wildman–Crippen LogP) is 3.40. The molecule has 0 amide bonds. The minimum absolute atomic E-state index is 0.0898. The minimum atomic E-state index is -0.0898. The Hall–Kier alpha value is -1.32. The third-order valence-corrected chi connectivity index (χ3v) is 5.26. The lowest BCUT2D eigenvalue weighted by Crippen LogP contribution is -2.22. The van der Waals surface area contributed by atoms with Gasteiger partial charge in [-0.05, 0) is 55.4 Å². The number of fused-ring (bicyclic) bond motifs is 2. The van der Waals surface area contributed by atoms with Gasteiger partial charge in [-0.1, -0.05) is 11.6 Å². The van der Waals surface area contributed by atoms with E-state index >= 15 is 0 Å². The van der Waals surface area contributed by atoms with Crippen LogP contribution in [0.1, 0.15) is 18.4 Å². The van der Waals surface area contributed by atoms with Crippen LogP contribution in [-0.4, -0.2) is 29.3 Å². The summed E-state index contributed by atoms with van der Waals surface area (Å²) in [4.78, 5) is 6.96. The van der Waals surface area contributed by atoms with Crippen LogP contribution in [0.3, 0.4) is 0 Å². The number of aryl methyl sites for hydroxylation is 1. The van der Waals surface area contributed by atoms with Crippen LogP contribution in [0.15, 0.2) is 24.4 Å². The largest absolute Gasteiger partial charge is 0.393 e. The van der Waals surface area contributed by atoms with E-state index < -0.39 is 0 Å². The number of aliphatic hydroxyl groups excluding tert-OH is 1. The van der Waals surface area contributed by atoms with E-state index in [0.29, 0.717) is 11.8 Å². The normalized spacial score (nSPS) is 28.3. The van der Waals surface area contributed by atoms with Gasteiger partial charge >= 0.3 is 0 Å². The van der Waals surface area contributed by atoms with Gasteiger partial charge in [-0.3, -0.25) is 4.98 Å². The first-order chi connectivity index (χ1) is 10.1. The molecule has 1 saturated heterocycles. The quantitative estimate of drug-likeness (QED) is 0.877. The monoisotopic (exact) mass is 302 g/mol. The Kier molecular flexibility index (Phi) is 3.09. The van der Waals surface area contributed by atoms with Crippen molar-refractivity contribution in [2.24, 2.45) is 11.8 Å². The number of anilines is 1. The summed E-state index contributed by atoms with van der Waals surface area (Å²) < 4.78 is 0. The van der Waals surface area contributed by atoms with E-state index in [0.717, 1.165) is 47.4 Å². The van der Waals surface area contributed by atoms with E-state index in [-0.39, 0.29) is 6.10 Å². The maximum absolute atomic E-state index is 9.79. The Morgan fingerprint density at radius 3 is 2.67 bits per heavy atom. The molecule has 2 fully saturated rings. The second kappa shape index (κ2) is 4.85. The van der Waals surface area contributed by atoms with E-state index in [1.165, 1.54) is 5.69 Å². The molecule has 0 bridgehead atoms. The van der Waals surface area contributed by atoms with Crippen LogP contribution in [-0.2, 0) is 0 Å². The first-order valence-electron chi connectivity index (χ1n) is 7.59. The molecule has 2 aliphatic rings. The molecule has 21 heavy (non-hydrogen) atoms. The molecule has 0 radical (unpaired) electrons. The molecule has 110 valence electrons. The van der Waals surface area contributed by atoms with Crippen molar-refractivity contribution in [3.63, 3.8) is 0 Å². The Labute approximate surface area is 129 Å². The molecule has 3 nitrogen and oxygen atoms in total. The van der Waals surface area contributed by atoms with Gasteiger partial charge in [0, 0.05) is 35.4 Å². The maximum atomic E-state index is 9.79. The number of nitrogens with zero attached hydrogens (tertiary/aromatic N) is 2. The topological polar surface area (TPSA) is 36.4 Å². The lowest BCUT2D eigenvalue weighted by molar-refractivity contribution is 0.174. The fourth-order valence-corrected chi connectivity index (χ4v) is 4.39. The Morgan fingerprint density at radius 1 is 1.24 bits per heavy atom. The van der Waals surface area contributed by atoms with Crippen LogP contribution in [0.2, 0.25) is 5.02 Å². The first-order valence-corrected chi connectivity index (χ1v) is 7.97. The number of aromatic nitrogens is 1. The molecule has 1 aliphatic carbocycles. The molecule has 1 aromatic heterocycles. The lowest BCUT2D eigenvalue weighted by Gasteiger charge is -2.22. The molecule has 1 unspecified atom stereocenters. The molecule has 1 saturated carbocycles. The number of rotatable bonds is 1. The van der Waals surface area contributed by atoms with E-state index in [2.05, 4.69) is 22.9 Å². The third-order valence-electron chi connectivity index (χ3n) is 5.04. The summed E-state index contributed by atoms with van der Waals surface area (Å²) in [5, 5.41) is 11.7. The van der Waals surface area contributed by atoms with Crippen molar-refractivity contribution in [3.05, 3.63) is 35.0 Å². The first kappa shape index (κ1) is 13.4. The highest BCUT2D eigenvalue weighted by atomic mass is 35.5. The second-order valence-corrected chi connectivity index (χ2v) is 6.94. The van der Waals surface area contributed by atoms with Gasteiger partial charge in [0.25, 0.3) is 0 Å². The zero-order valence-electron chi connectivity index (χ0n) is 12.1. The Balaban J connectivity index is 1.75. The van der Waals surface area contributed by atoms with Gasteiger partial charge in [0.15, 0.2) is 0 Å². The Bertz CT molecular complexity index is 688. The average molecular weight is 303 g/mol. The van der Waals surface area contributed by atoms with E-state index in [1.54, 1.807) is 0 Å². The molecule has 4 heteroatoms. The average Bonchev–Trinajstić information content (AvgIpc) is 2.95. The van der Waals surface area contributed by atoms with Crippen molar-refractivity contribution in [1.82, 2.24) is 4.98 Å². The summed E-state index contributed by atoms with van der Waals surface area (Å²) in [5.41, 5.74) is 3.39. The van der Waals surface area contributed by atoms with E-state index in [9.17, 15) is 5.11 Å². The molecule has 2 aromatic rings. The van der Waals surface area contributed by atoms with Crippen molar-refractivity contribution in [1.29, 1.82) is 0 Å². The van der Waals surface area contributed by atoms with Crippen molar-refractivity contribution in [2.75, 3.05) is 18.0 Å². The minimum Gasteiger partial charge on any atom is -0.393 e. The van der Waals surface area contributed by atoms with Crippen molar-refractivity contribution < 1.29 is 5.11 Å². The van der Waals surface area contributed by atoms with Crippen molar-refractivity contribution in [3.8, 4) is 0 Å². The smallest absolute Gasteiger partial charge is 0.0752 e. The standard InChI is InChI=1S/C17H19ClN2O/c1-10-4-13(18)7-15-16(2-3-19-17(10)15)20-8-11-5-14(21)6-12(11)9-20/h2-4,7,11-12,14,21H,5-6,8-9H2,1H3/t11-,12+,14?.